The molecule has 1 aromatic heterocycles. The van der Waals surface area contributed by atoms with Crippen molar-refractivity contribution in [2.45, 2.75) is 26.4 Å². The Bertz CT molecular complexity index is 756. The molecule has 158 valence electrons. The quantitative estimate of drug-likeness (QED) is 0.474. The van der Waals surface area contributed by atoms with Crippen LogP contribution in [-0.4, -0.2) is 71.6 Å². The predicted octanol–water partition coefficient (Wildman–Crippen LogP) is 1.56. The summed E-state index contributed by atoms with van der Waals surface area (Å²) in [7, 11) is 0. The van der Waals surface area contributed by atoms with Gasteiger partial charge >= 0.3 is 0 Å². The number of morpholine rings is 1. The van der Waals surface area contributed by atoms with E-state index in [1.54, 1.807) is 6.33 Å². The van der Waals surface area contributed by atoms with Gasteiger partial charge in [0.2, 0.25) is 0 Å². The third kappa shape index (κ3) is 7.30. The highest BCUT2D eigenvalue weighted by molar-refractivity contribution is 6.30. The van der Waals surface area contributed by atoms with Crippen LogP contribution in [0.2, 0.25) is 5.02 Å². The topological polar surface area (TPSA) is 79.6 Å². The molecule has 3 rings (SSSR count). The van der Waals surface area contributed by atoms with Gasteiger partial charge in [0.05, 0.1) is 19.8 Å². The minimum Gasteiger partial charge on any atom is -0.379 e. The maximum atomic E-state index is 5.97. The van der Waals surface area contributed by atoms with Crippen LogP contribution in [0.1, 0.15) is 18.3 Å². The molecule has 1 saturated heterocycles. The van der Waals surface area contributed by atoms with E-state index in [9.17, 15) is 0 Å². The summed E-state index contributed by atoms with van der Waals surface area (Å²) in [4.78, 5) is 7.14. The summed E-state index contributed by atoms with van der Waals surface area (Å²) in [6, 6.07) is 7.79. The summed E-state index contributed by atoms with van der Waals surface area (Å²) in [6.45, 7) is 9.62. The van der Waals surface area contributed by atoms with Crippen LogP contribution in [0.5, 0.6) is 0 Å². The van der Waals surface area contributed by atoms with E-state index in [2.05, 4.69) is 37.2 Å². The van der Waals surface area contributed by atoms with Crippen LogP contribution in [0.4, 0.5) is 0 Å². The molecular weight excluding hydrogens is 390 g/mol. The van der Waals surface area contributed by atoms with E-state index >= 15 is 0 Å². The van der Waals surface area contributed by atoms with Crippen molar-refractivity contribution in [2.75, 3.05) is 45.9 Å². The molecule has 1 aliphatic rings. The lowest BCUT2D eigenvalue weighted by molar-refractivity contribution is 0.0389. The van der Waals surface area contributed by atoms with Gasteiger partial charge in [-0.1, -0.05) is 30.7 Å². The van der Waals surface area contributed by atoms with E-state index in [0.717, 1.165) is 81.3 Å². The maximum absolute atomic E-state index is 5.97. The summed E-state index contributed by atoms with van der Waals surface area (Å²) in [5.74, 6) is 1.80. The summed E-state index contributed by atoms with van der Waals surface area (Å²) in [5.41, 5.74) is 1.12. The second-order valence-corrected chi connectivity index (χ2v) is 7.33. The second kappa shape index (κ2) is 11.7. The monoisotopic (exact) mass is 419 g/mol. The molecular formula is C20H30ClN7O. The van der Waals surface area contributed by atoms with E-state index in [4.69, 9.17) is 21.3 Å². The lowest BCUT2D eigenvalue weighted by atomic mass is 10.2. The summed E-state index contributed by atoms with van der Waals surface area (Å²) < 4.78 is 7.48. The van der Waals surface area contributed by atoms with Crippen molar-refractivity contribution in [3.63, 3.8) is 0 Å². The van der Waals surface area contributed by atoms with Crippen LogP contribution >= 0.6 is 11.6 Å². The molecule has 29 heavy (non-hydrogen) atoms. The molecule has 8 nitrogen and oxygen atoms in total. The molecule has 1 aromatic carbocycles. The van der Waals surface area contributed by atoms with Crippen molar-refractivity contribution in [3.05, 3.63) is 47.0 Å². The summed E-state index contributed by atoms with van der Waals surface area (Å²) in [6.07, 6.45) is 2.65. The number of aryl methyl sites for hydroxylation is 1. The highest BCUT2D eigenvalue weighted by Gasteiger charge is 2.10. The normalized spacial score (nSPS) is 15.4. The summed E-state index contributed by atoms with van der Waals surface area (Å²) in [5, 5.41) is 15.7. The van der Waals surface area contributed by atoms with Gasteiger partial charge in [0.25, 0.3) is 0 Å². The molecule has 2 heterocycles. The van der Waals surface area contributed by atoms with Crippen LogP contribution < -0.4 is 10.6 Å². The third-order valence-electron chi connectivity index (χ3n) is 4.81. The fraction of sp³-hybridized carbons (Fsp3) is 0.550. The number of ether oxygens (including phenoxy) is 1. The average molecular weight is 420 g/mol. The van der Waals surface area contributed by atoms with Crippen LogP contribution in [-0.2, 0) is 24.2 Å². The van der Waals surface area contributed by atoms with E-state index in [1.807, 2.05) is 24.3 Å². The zero-order chi connectivity index (χ0) is 20.3. The SMILES string of the molecule is CCc1nncn1CCNC(=NCc1ccc(Cl)cc1)NCCN1CCOCC1. The average Bonchev–Trinajstić information content (AvgIpc) is 3.21. The molecule has 0 radical (unpaired) electrons. The molecule has 0 unspecified atom stereocenters. The molecule has 2 aromatic rings. The maximum Gasteiger partial charge on any atom is 0.191 e. The Morgan fingerprint density at radius 1 is 1.14 bits per heavy atom. The first-order valence-electron chi connectivity index (χ1n) is 10.2. The molecule has 0 bridgehead atoms. The van der Waals surface area contributed by atoms with E-state index in [1.165, 1.54) is 0 Å². The van der Waals surface area contributed by atoms with Gasteiger partial charge in [0, 0.05) is 50.7 Å². The smallest absolute Gasteiger partial charge is 0.191 e. The Labute approximate surface area is 177 Å². The van der Waals surface area contributed by atoms with E-state index in [0.29, 0.717) is 6.54 Å². The van der Waals surface area contributed by atoms with Gasteiger partial charge in [-0.15, -0.1) is 10.2 Å². The van der Waals surface area contributed by atoms with Gasteiger partial charge in [0.15, 0.2) is 5.96 Å². The van der Waals surface area contributed by atoms with E-state index in [-0.39, 0.29) is 0 Å². The van der Waals surface area contributed by atoms with Gasteiger partial charge < -0.3 is 19.9 Å². The Hall–Kier alpha value is -2.16. The van der Waals surface area contributed by atoms with Gasteiger partial charge in [-0.05, 0) is 17.7 Å². The second-order valence-electron chi connectivity index (χ2n) is 6.89. The van der Waals surface area contributed by atoms with Crippen molar-refractivity contribution in [2.24, 2.45) is 4.99 Å². The van der Waals surface area contributed by atoms with Gasteiger partial charge in [-0.25, -0.2) is 4.99 Å². The fourth-order valence-corrected chi connectivity index (χ4v) is 3.25. The Balaban J connectivity index is 1.52. The fourth-order valence-electron chi connectivity index (χ4n) is 3.13. The number of guanidine groups is 1. The van der Waals surface area contributed by atoms with Gasteiger partial charge in [0.1, 0.15) is 12.2 Å². The predicted molar refractivity (Wildman–Crippen MR) is 115 cm³/mol. The van der Waals surface area contributed by atoms with Crippen LogP contribution in [0, 0.1) is 0 Å². The standard InChI is InChI=1S/C20H30ClN7O/c1-2-19-26-25-16-28(19)10-8-23-20(22-7-9-27-11-13-29-14-12-27)24-15-17-3-5-18(21)6-4-17/h3-6,16H,2,7-15H2,1H3,(H2,22,23,24). The Morgan fingerprint density at radius 2 is 1.86 bits per heavy atom. The van der Waals surface area contributed by atoms with Gasteiger partial charge in [-0.2, -0.15) is 0 Å². The van der Waals surface area contributed by atoms with Gasteiger partial charge in [-0.3, -0.25) is 4.90 Å². The van der Waals surface area contributed by atoms with Crippen molar-refractivity contribution in [3.8, 4) is 0 Å². The number of nitrogens with one attached hydrogen (secondary N) is 2. The largest absolute Gasteiger partial charge is 0.379 e. The highest BCUT2D eigenvalue weighted by Crippen LogP contribution is 2.10. The van der Waals surface area contributed by atoms with Crippen molar-refractivity contribution in [1.82, 2.24) is 30.3 Å². The van der Waals surface area contributed by atoms with Crippen molar-refractivity contribution >= 4 is 17.6 Å². The molecule has 9 heteroatoms. The number of rotatable bonds is 9. The summed E-state index contributed by atoms with van der Waals surface area (Å²) >= 11 is 5.97. The molecule has 1 aliphatic heterocycles. The van der Waals surface area contributed by atoms with Crippen molar-refractivity contribution < 1.29 is 4.74 Å². The number of nitrogens with zero attached hydrogens (tertiary/aromatic N) is 5. The number of halogens is 1. The molecule has 1 fully saturated rings. The molecule has 0 atom stereocenters. The first-order valence-corrected chi connectivity index (χ1v) is 10.6. The highest BCUT2D eigenvalue weighted by atomic mass is 35.5. The van der Waals surface area contributed by atoms with Crippen LogP contribution in [0.25, 0.3) is 0 Å². The zero-order valence-electron chi connectivity index (χ0n) is 17.0. The molecule has 0 aliphatic carbocycles. The van der Waals surface area contributed by atoms with Crippen molar-refractivity contribution in [1.29, 1.82) is 0 Å². The first-order chi connectivity index (χ1) is 14.2. The minimum atomic E-state index is 0.594. The Morgan fingerprint density at radius 3 is 2.59 bits per heavy atom. The number of hydrogen-bond acceptors (Lipinski definition) is 5. The molecule has 0 amide bonds. The first kappa shape index (κ1) is 21.5. The molecule has 0 spiro atoms. The van der Waals surface area contributed by atoms with Crippen LogP contribution in [0.3, 0.4) is 0 Å². The lowest BCUT2D eigenvalue weighted by Gasteiger charge is -2.26. The Kier molecular flexibility index (Phi) is 8.73. The zero-order valence-corrected chi connectivity index (χ0v) is 17.7. The molecule has 2 N–H and O–H groups in total. The van der Waals surface area contributed by atoms with E-state index < -0.39 is 0 Å². The third-order valence-corrected chi connectivity index (χ3v) is 5.07. The minimum absolute atomic E-state index is 0.594. The number of hydrogen-bond donors (Lipinski definition) is 2. The number of benzene rings is 1. The van der Waals surface area contributed by atoms with Crippen LogP contribution in [0.15, 0.2) is 35.6 Å². The number of aliphatic imine (C=N–C) groups is 1. The number of aromatic nitrogens is 3. The molecule has 0 saturated carbocycles. The lowest BCUT2D eigenvalue weighted by Crippen LogP contribution is -2.45.